The lowest BCUT2D eigenvalue weighted by atomic mass is 9.94. The maximum Gasteiger partial charge on any atom is 0.191 e. The molecular weight excluding hydrogens is 322 g/mol. The minimum Gasteiger partial charge on any atom is -0.357 e. The zero-order valence-corrected chi connectivity index (χ0v) is 16.4. The van der Waals surface area contributed by atoms with E-state index in [1.807, 2.05) is 0 Å². The number of rotatable bonds is 5. The number of aliphatic imine (C=N–C) groups is 1. The Morgan fingerprint density at radius 2 is 2.08 bits per heavy atom. The first-order valence-electron chi connectivity index (χ1n) is 9.72. The van der Waals surface area contributed by atoms with Gasteiger partial charge in [0.2, 0.25) is 0 Å². The predicted octanol–water partition coefficient (Wildman–Crippen LogP) is 3.39. The van der Waals surface area contributed by atoms with Crippen molar-refractivity contribution in [1.29, 1.82) is 0 Å². The second kappa shape index (κ2) is 8.39. The Labute approximate surface area is 156 Å². The average Bonchev–Trinajstić information content (AvgIpc) is 3.05. The van der Waals surface area contributed by atoms with Gasteiger partial charge < -0.3 is 10.6 Å². The number of aromatic nitrogens is 2. The van der Waals surface area contributed by atoms with Crippen LogP contribution in [0.1, 0.15) is 55.6 Å². The molecule has 26 heavy (non-hydrogen) atoms. The van der Waals surface area contributed by atoms with E-state index in [-0.39, 0.29) is 0 Å². The van der Waals surface area contributed by atoms with Gasteiger partial charge in [-0.15, -0.1) is 0 Å². The molecule has 5 heteroatoms. The molecule has 0 saturated carbocycles. The van der Waals surface area contributed by atoms with Gasteiger partial charge in [-0.25, -0.2) is 4.99 Å². The zero-order chi connectivity index (χ0) is 18.5. The van der Waals surface area contributed by atoms with Crippen LogP contribution in [0.4, 0.5) is 0 Å². The number of benzene rings is 1. The zero-order valence-electron chi connectivity index (χ0n) is 16.4. The molecule has 1 aliphatic carbocycles. The van der Waals surface area contributed by atoms with E-state index in [1.165, 1.54) is 22.4 Å². The van der Waals surface area contributed by atoms with Gasteiger partial charge in [0.25, 0.3) is 0 Å². The predicted molar refractivity (Wildman–Crippen MR) is 108 cm³/mol. The van der Waals surface area contributed by atoms with E-state index in [4.69, 9.17) is 10.1 Å². The number of guanidine groups is 1. The minimum atomic E-state index is 0.383. The molecule has 0 amide bonds. The fraction of sp³-hybridized carbons (Fsp3) is 0.524. The monoisotopic (exact) mass is 353 g/mol. The molecule has 3 rings (SSSR count). The summed E-state index contributed by atoms with van der Waals surface area (Å²) in [5, 5.41) is 11.8. The lowest BCUT2D eigenvalue weighted by Gasteiger charge is -2.24. The van der Waals surface area contributed by atoms with Crippen molar-refractivity contribution in [2.45, 2.75) is 65.6 Å². The fourth-order valence-corrected chi connectivity index (χ4v) is 3.28. The molecule has 0 bridgehead atoms. The standard InChI is InChI=1S/C21H31N5/c1-5-22-21(23-13-17-8-6-16(4)7-9-17)24-19-11-10-18-14-26(15(2)3)25-20(18)12-19/h6-9,14-15,19H,5,10-13H2,1-4H3,(H2,22,23,24). The first-order chi connectivity index (χ1) is 12.5. The van der Waals surface area contributed by atoms with E-state index in [0.29, 0.717) is 18.6 Å². The summed E-state index contributed by atoms with van der Waals surface area (Å²) in [5.74, 6) is 0.893. The number of fused-ring (bicyclic) bond motifs is 1. The summed E-state index contributed by atoms with van der Waals surface area (Å²) >= 11 is 0. The summed E-state index contributed by atoms with van der Waals surface area (Å²) < 4.78 is 2.09. The molecule has 1 aromatic heterocycles. The Bertz CT molecular complexity index is 742. The van der Waals surface area contributed by atoms with Gasteiger partial charge in [0.05, 0.1) is 12.2 Å². The van der Waals surface area contributed by atoms with E-state index in [0.717, 1.165) is 31.8 Å². The van der Waals surface area contributed by atoms with E-state index < -0.39 is 0 Å². The average molecular weight is 354 g/mol. The van der Waals surface area contributed by atoms with E-state index in [1.54, 1.807) is 0 Å². The van der Waals surface area contributed by atoms with Crippen LogP contribution < -0.4 is 10.6 Å². The topological polar surface area (TPSA) is 54.2 Å². The van der Waals surface area contributed by atoms with Crippen LogP contribution in [-0.4, -0.2) is 28.3 Å². The molecule has 0 fully saturated rings. The van der Waals surface area contributed by atoms with Crippen LogP contribution in [0.3, 0.4) is 0 Å². The van der Waals surface area contributed by atoms with Gasteiger partial charge in [-0.05, 0) is 51.7 Å². The molecule has 1 aromatic carbocycles. The number of hydrogen-bond acceptors (Lipinski definition) is 2. The second-order valence-electron chi connectivity index (χ2n) is 7.44. The smallest absolute Gasteiger partial charge is 0.191 e. The maximum atomic E-state index is 4.77. The van der Waals surface area contributed by atoms with E-state index >= 15 is 0 Å². The van der Waals surface area contributed by atoms with Crippen molar-refractivity contribution in [3.63, 3.8) is 0 Å². The molecule has 2 N–H and O–H groups in total. The molecule has 0 aliphatic heterocycles. The van der Waals surface area contributed by atoms with Crippen molar-refractivity contribution in [2.24, 2.45) is 4.99 Å². The van der Waals surface area contributed by atoms with Gasteiger partial charge in [0, 0.05) is 31.2 Å². The van der Waals surface area contributed by atoms with Crippen LogP contribution in [0, 0.1) is 6.92 Å². The van der Waals surface area contributed by atoms with E-state index in [9.17, 15) is 0 Å². The van der Waals surface area contributed by atoms with Crippen LogP contribution in [0.5, 0.6) is 0 Å². The summed E-state index contributed by atoms with van der Waals surface area (Å²) in [6.45, 7) is 10.1. The summed E-state index contributed by atoms with van der Waals surface area (Å²) in [6.07, 6.45) is 5.37. The Hall–Kier alpha value is -2.30. The summed E-state index contributed by atoms with van der Waals surface area (Å²) in [7, 11) is 0. The van der Waals surface area contributed by atoms with Gasteiger partial charge in [-0.3, -0.25) is 4.68 Å². The van der Waals surface area contributed by atoms with Crippen LogP contribution in [0.2, 0.25) is 0 Å². The van der Waals surface area contributed by atoms with Gasteiger partial charge in [-0.1, -0.05) is 29.8 Å². The largest absolute Gasteiger partial charge is 0.357 e. The number of hydrogen-bond donors (Lipinski definition) is 2. The highest BCUT2D eigenvalue weighted by Crippen LogP contribution is 2.21. The van der Waals surface area contributed by atoms with Gasteiger partial charge in [-0.2, -0.15) is 5.10 Å². The first kappa shape index (κ1) is 18.5. The number of aryl methyl sites for hydroxylation is 2. The highest BCUT2D eigenvalue weighted by Gasteiger charge is 2.22. The third-order valence-electron chi connectivity index (χ3n) is 4.85. The maximum absolute atomic E-state index is 4.77. The van der Waals surface area contributed by atoms with Crippen LogP contribution >= 0.6 is 0 Å². The lowest BCUT2D eigenvalue weighted by Crippen LogP contribution is -2.45. The Balaban J connectivity index is 1.64. The van der Waals surface area contributed by atoms with Crippen molar-refractivity contribution in [1.82, 2.24) is 20.4 Å². The highest BCUT2D eigenvalue weighted by molar-refractivity contribution is 5.80. The fourth-order valence-electron chi connectivity index (χ4n) is 3.28. The van der Waals surface area contributed by atoms with Crippen molar-refractivity contribution in [2.75, 3.05) is 6.54 Å². The van der Waals surface area contributed by atoms with E-state index in [2.05, 4.69) is 73.5 Å². The molecule has 1 heterocycles. The minimum absolute atomic E-state index is 0.383. The molecule has 1 aliphatic rings. The SMILES string of the molecule is CCNC(=NCc1ccc(C)cc1)NC1CCc2cn(C(C)C)nc2C1. The molecule has 0 radical (unpaired) electrons. The second-order valence-corrected chi connectivity index (χ2v) is 7.44. The molecule has 2 aromatic rings. The van der Waals surface area contributed by atoms with Crippen LogP contribution in [0.25, 0.3) is 0 Å². The quantitative estimate of drug-likeness (QED) is 0.640. The van der Waals surface area contributed by atoms with Crippen molar-refractivity contribution in [3.8, 4) is 0 Å². The van der Waals surface area contributed by atoms with Crippen molar-refractivity contribution in [3.05, 3.63) is 52.8 Å². The number of nitrogens with one attached hydrogen (secondary N) is 2. The number of nitrogens with zero attached hydrogens (tertiary/aromatic N) is 3. The highest BCUT2D eigenvalue weighted by atomic mass is 15.3. The molecule has 1 atom stereocenters. The normalized spacial score (nSPS) is 17.3. The molecule has 0 saturated heterocycles. The first-order valence-corrected chi connectivity index (χ1v) is 9.72. The third kappa shape index (κ3) is 4.65. The van der Waals surface area contributed by atoms with Crippen molar-refractivity contribution >= 4 is 5.96 Å². The lowest BCUT2D eigenvalue weighted by molar-refractivity contribution is 0.499. The molecule has 0 spiro atoms. The molecule has 140 valence electrons. The summed E-state index contributed by atoms with van der Waals surface area (Å²) in [4.78, 5) is 4.77. The molecular formula is C21H31N5. The summed E-state index contributed by atoms with van der Waals surface area (Å²) in [6, 6.07) is 9.37. The third-order valence-corrected chi connectivity index (χ3v) is 4.85. The van der Waals surface area contributed by atoms with Crippen LogP contribution in [0.15, 0.2) is 35.5 Å². The Morgan fingerprint density at radius 3 is 2.77 bits per heavy atom. The van der Waals surface area contributed by atoms with Crippen LogP contribution in [-0.2, 0) is 19.4 Å². The van der Waals surface area contributed by atoms with Gasteiger partial charge in [0.15, 0.2) is 5.96 Å². The molecule has 1 unspecified atom stereocenters. The van der Waals surface area contributed by atoms with Crippen molar-refractivity contribution < 1.29 is 0 Å². The van der Waals surface area contributed by atoms with Gasteiger partial charge >= 0.3 is 0 Å². The van der Waals surface area contributed by atoms with Gasteiger partial charge in [0.1, 0.15) is 0 Å². The Morgan fingerprint density at radius 1 is 1.31 bits per heavy atom. The Kier molecular flexibility index (Phi) is 5.96. The molecule has 5 nitrogen and oxygen atoms in total. The summed E-state index contributed by atoms with van der Waals surface area (Å²) in [5.41, 5.74) is 5.14.